The number of nitrogens with zero attached hydrogens (tertiary/aromatic N) is 1. The third kappa shape index (κ3) is 2.50. The molecule has 0 bridgehead atoms. The summed E-state index contributed by atoms with van der Waals surface area (Å²) in [7, 11) is 0. The highest BCUT2D eigenvalue weighted by Crippen LogP contribution is 2.40. The fourth-order valence-corrected chi connectivity index (χ4v) is 6.78. The summed E-state index contributed by atoms with van der Waals surface area (Å²) in [6.45, 7) is 0. The number of hydrogen-bond acceptors (Lipinski definition) is 2. The lowest BCUT2D eigenvalue weighted by Gasteiger charge is -2.08. The van der Waals surface area contributed by atoms with Gasteiger partial charge in [0.2, 0.25) is 0 Å². The van der Waals surface area contributed by atoms with Gasteiger partial charge in [-0.1, -0.05) is 58.4 Å². The van der Waals surface area contributed by atoms with Crippen LogP contribution in [0.5, 0.6) is 0 Å². The molecule has 0 saturated carbocycles. The van der Waals surface area contributed by atoms with Crippen LogP contribution in [0.4, 0.5) is 0 Å². The Kier molecular flexibility index (Phi) is 3.71. The van der Waals surface area contributed by atoms with Crippen molar-refractivity contribution >= 4 is 91.2 Å². The molecule has 4 heteroatoms. The lowest BCUT2D eigenvalue weighted by molar-refractivity contribution is 0.669. The molecule has 3 heterocycles. The first-order valence-electron chi connectivity index (χ1n) is 11.2. The SMILES string of the molecule is Brc1ccc2c3cc4c(cc3n(-c3ccc5sc6ccccc6c5c3)c2c1)oc1ccccc14. The number of rotatable bonds is 1. The van der Waals surface area contributed by atoms with Gasteiger partial charge in [-0.2, -0.15) is 0 Å². The minimum absolute atomic E-state index is 0.916. The van der Waals surface area contributed by atoms with Crippen LogP contribution in [0.1, 0.15) is 0 Å². The minimum Gasteiger partial charge on any atom is -0.456 e. The molecule has 0 aliphatic rings. The normalized spacial score (nSPS) is 12.3. The third-order valence-electron chi connectivity index (χ3n) is 6.85. The van der Waals surface area contributed by atoms with Gasteiger partial charge in [0.15, 0.2) is 0 Å². The van der Waals surface area contributed by atoms with Gasteiger partial charge in [-0.15, -0.1) is 11.3 Å². The molecule has 8 aromatic rings. The fraction of sp³-hybridized carbons (Fsp3) is 0. The Morgan fingerprint density at radius 1 is 0.559 bits per heavy atom. The second kappa shape index (κ2) is 6.72. The molecule has 8 rings (SSSR count). The van der Waals surface area contributed by atoms with Gasteiger partial charge in [0.1, 0.15) is 11.2 Å². The van der Waals surface area contributed by atoms with E-state index in [1.54, 1.807) is 0 Å². The van der Waals surface area contributed by atoms with Gasteiger partial charge in [-0.25, -0.2) is 0 Å². The quantitative estimate of drug-likeness (QED) is 0.212. The third-order valence-corrected chi connectivity index (χ3v) is 8.49. The van der Waals surface area contributed by atoms with Crippen molar-refractivity contribution in [3.63, 3.8) is 0 Å². The van der Waals surface area contributed by atoms with Crippen molar-refractivity contribution in [2.75, 3.05) is 0 Å². The zero-order valence-electron chi connectivity index (χ0n) is 17.9. The number of thiophene rings is 1. The molecule has 0 radical (unpaired) electrons. The topological polar surface area (TPSA) is 18.1 Å². The molecule has 0 unspecified atom stereocenters. The van der Waals surface area contributed by atoms with Crippen LogP contribution < -0.4 is 0 Å². The Hall–Kier alpha value is -3.60. The smallest absolute Gasteiger partial charge is 0.137 e. The summed E-state index contributed by atoms with van der Waals surface area (Å²) in [4.78, 5) is 0. The summed E-state index contributed by atoms with van der Waals surface area (Å²) in [6, 6.07) is 34.8. The van der Waals surface area contributed by atoms with Crippen LogP contribution in [-0.2, 0) is 0 Å². The maximum atomic E-state index is 6.27. The maximum Gasteiger partial charge on any atom is 0.137 e. The Bertz CT molecular complexity index is 2090. The number of hydrogen-bond donors (Lipinski definition) is 0. The maximum absolute atomic E-state index is 6.27. The summed E-state index contributed by atoms with van der Waals surface area (Å²) in [5, 5.41) is 7.39. The van der Waals surface area contributed by atoms with Crippen LogP contribution in [0.15, 0.2) is 106 Å². The molecule has 2 nitrogen and oxygen atoms in total. The zero-order chi connectivity index (χ0) is 22.4. The summed E-state index contributed by atoms with van der Waals surface area (Å²) >= 11 is 5.55. The molecule has 0 spiro atoms. The predicted molar refractivity (Wildman–Crippen MR) is 149 cm³/mol. The predicted octanol–water partition coefficient (Wildman–Crippen LogP) is 9.81. The number of aromatic nitrogens is 1. The monoisotopic (exact) mass is 517 g/mol. The first kappa shape index (κ1) is 18.8. The second-order valence-corrected chi connectivity index (χ2v) is 10.7. The van der Waals surface area contributed by atoms with E-state index in [9.17, 15) is 0 Å². The van der Waals surface area contributed by atoms with E-state index in [0.717, 1.165) is 37.6 Å². The lowest BCUT2D eigenvalue weighted by atomic mass is 10.1. The number of para-hydroxylation sites is 1. The average molecular weight is 518 g/mol. The molecule has 0 atom stereocenters. The number of benzene rings is 5. The Balaban J connectivity index is 1.53. The molecular weight excluding hydrogens is 502 g/mol. The van der Waals surface area contributed by atoms with E-state index >= 15 is 0 Å². The molecule has 0 fully saturated rings. The van der Waals surface area contributed by atoms with E-state index in [1.165, 1.54) is 36.5 Å². The van der Waals surface area contributed by atoms with Crippen molar-refractivity contribution in [1.29, 1.82) is 0 Å². The van der Waals surface area contributed by atoms with Crippen molar-refractivity contribution in [3.05, 3.63) is 102 Å². The zero-order valence-corrected chi connectivity index (χ0v) is 20.3. The Morgan fingerprint density at radius 2 is 1.35 bits per heavy atom. The Labute approximate surface area is 206 Å². The standard InChI is InChI=1S/C30H16BrNOS/c31-17-9-11-19-22-15-23-20-5-1-3-7-27(20)33-28(23)16-26(22)32(25(19)13-17)18-10-12-30-24(14-18)21-6-2-4-8-29(21)34-30/h1-16H. The average Bonchev–Trinajstić information content (AvgIpc) is 3.51. The van der Waals surface area contributed by atoms with E-state index in [0.29, 0.717) is 0 Å². The lowest BCUT2D eigenvalue weighted by Crippen LogP contribution is -1.93. The largest absolute Gasteiger partial charge is 0.456 e. The molecule has 0 amide bonds. The molecule has 3 aromatic heterocycles. The van der Waals surface area contributed by atoms with E-state index < -0.39 is 0 Å². The van der Waals surface area contributed by atoms with Crippen molar-refractivity contribution in [3.8, 4) is 5.69 Å². The van der Waals surface area contributed by atoms with Crippen LogP contribution in [0, 0.1) is 0 Å². The van der Waals surface area contributed by atoms with Gasteiger partial charge in [0, 0.05) is 57.9 Å². The van der Waals surface area contributed by atoms with Gasteiger partial charge < -0.3 is 8.98 Å². The van der Waals surface area contributed by atoms with E-state index in [4.69, 9.17) is 4.42 Å². The van der Waals surface area contributed by atoms with E-state index in [-0.39, 0.29) is 0 Å². The fourth-order valence-electron chi connectivity index (χ4n) is 5.34. The molecule has 0 aliphatic heterocycles. The first-order valence-corrected chi connectivity index (χ1v) is 12.8. The minimum atomic E-state index is 0.916. The second-order valence-electron chi connectivity index (χ2n) is 8.74. The summed E-state index contributed by atoms with van der Waals surface area (Å²) < 4.78 is 12.3. The van der Waals surface area contributed by atoms with Gasteiger partial charge in [-0.3, -0.25) is 0 Å². The van der Waals surface area contributed by atoms with Crippen LogP contribution in [0.3, 0.4) is 0 Å². The van der Waals surface area contributed by atoms with Gasteiger partial charge in [-0.05, 0) is 48.5 Å². The molecule has 160 valence electrons. The molecule has 5 aromatic carbocycles. The van der Waals surface area contributed by atoms with E-state index in [1.807, 2.05) is 23.5 Å². The molecule has 0 N–H and O–H groups in total. The molecule has 34 heavy (non-hydrogen) atoms. The highest BCUT2D eigenvalue weighted by Gasteiger charge is 2.17. The summed E-state index contributed by atoms with van der Waals surface area (Å²) in [5.74, 6) is 0. The van der Waals surface area contributed by atoms with Crippen LogP contribution >= 0.6 is 27.3 Å². The molecule has 0 aliphatic carbocycles. The van der Waals surface area contributed by atoms with Crippen LogP contribution in [-0.4, -0.2) is 4.57 Å². The summed E-state index contributed by atoms with van der Waals surface area (Å²) in [6.07, 6.45) is 0. The van der Waals surface area contributed by atoms with Crippen molar-refractivity contribution in [2.45, 2.75) is 0 Å². The highest BCUT2D eigenvalue weighted by molar-refractivity contribution is 9.10. The Morgan fingerprint density at radius 3 is 2.29 bits per heavy atom. The van der Waals surface area contributed by atoms with Crippen LogP contribution in [0.25, 0.3) is 69.6 Å². The van der Waals surface area contributed by atoms with Gasteiger partial charge in [0.25, 0.3) is 0 Å². The van der Waals surface area contributed by atoms with Gasteiger partial charge >= 0.3 is 0 Å². The first-order chi connectivity index (χ1) is 16.7. The molecular formula is C30H16BrNOS. The number of furan rings is 1. The highest BCUT2D eigenvalue weighted by atomic mass is 79.9. The molecule has 0 saturated heterocycles. The van der Waals surface area contributed by atoms with Crippen molar-refractivity contribution in [2.24, 2.45) is 0 Å². The summed E-state index contributed by atoms with van der Waals surface area (Å²) in [5.41, 5.74) is 5.33. The van der Waals surface area contributed by atoms with Crippen molar-refractivity contribution in [1.82, 2.24) is 4.57 Å². The van der Waals surface area contributed by atoms with Crippen LogP contribution in [0.2, 0.25) is 0 Å². The van der Waals surface area contributed by atoms with E-state index in [2.05, 4.69) is 105 Å². The van der Waals surface area contributed by atoms with Crippen molar-refractivity contribution < 1.29 is 4.42 Å². The number of fused-ring (bicyclic) bond motifs is 9. The number of halogens is 1. The van der Waals surface area contributed by atoms with Gasteiger partial charge in [0.05, 0.1) is 11.0 Å².